The third-order valence-electron chi connectivity index (χ3n) is 2.64. The second kappa shape index (κ2) is 5.48. The maximum Gasteiger partial charge on any atom is 0.240 e. The summed E-state index contributed by atoms with van der Waals surface area (Å²) in [6, 6.07) is 10.2. The van der Waals surface area contributed by atoms with Gasteiger partial charge in [0.1, 0.15) is 23.1 Å². The predicted molar refractivity (Wildman–Crippen MR) is 73.0 cm³/mol. The molecule has 0 aliphatic heterocycles. The first-order valence-electron chi connectivity index (χ1n) is 5.66. The van der Waals surface area contributed by atoms with Gasteiger partial charge in [-0.25, -0.2) is 17.9 Å². The molecule has 2 aromatic rings. The van der Waals surface area contributed by atoms with Gasteiger partial charge in [-0.05, 0) is 18.2 Å². The van der Waals surface area contributed by atoms with Gasteiger partial charge < -0.3 is 10.5 Å². The van der Waals surface area contributed by atoms with E-state index in [-0.39, 0.29) is 23.0 Å². The van der Waals surface area contributed by atoms with Gasteiger partial charge in [0.05, 0.1) is 5.69 Å². The fourth-order valence-electron chi connectivity index (χ4n) is 1.65. The van der Waals surface area contributed by atoms with Crippen LogP contribution in [0.25, 0.3) is 0 Å². The monoisotopic (exact) mass is 296 g/mol. The third-order valence-corrected chi connectivity index (χ3v) is 3.62. The lowest BCUT2D eigenvalue weighted by atomic mass is 10.2. The van der Waals surface area contributed by atoms with E-state index < -0.39 is 10.0 Å². The number of nitrogen functional groups attached to an aromatic ring is 1. The van der Waals surface area contributed by atoms with Gasteiger partial charge in [0.15, 0.2) is 0 Å². The Hall–Kier alpha value is -2.12. The minimum Gasteiger partial charge on any atom is -0.489 e. The maximum atomic E-state index is 13.4. The highest BCUT2D eigenvalue weighted by Crippen LogP contribution is 2.23. The molecule has 7 heteroatoms. The second-order valence-corrected chi connectivity index (χ2v) is 5.65. The van der Waals surface area contributed by atoms with Gasteiger partial charge in [-0.2, -0.15) is 0 Å². The zero-order chi connectivity index (χ0) is 14.8. The molecule has 2 rings (SSSR count). The molecule has 106 valence electrons. The van der Waals surface area contributed by atoms with E-state index >= 15 is 0 Å². The maximum absolute atomic E-state index is 13.4. The van der Waals surface area contributed by atoms with Crippen LogP contribution in [-0.2, 0) is 16.6 Å². The summed E-state index contributed by atoms with van der Waals surface area (Å²) in [4.78, 5) is -0.171. The summed E-state index contributed by atoms with van der Waals surface area (Å²) in [6.45, 7) is 0.0147. The molecular weight excluding hydrogens is 283 g/mol. The van der Waals surface area contributed by atoms with Crippen LogP contribution in [0, 0.1) is 5.82 Å². The molecule has 0 aliphatic carbocycles. The first-order valence-corrected chi connectivity index (χ1v) is 7.21. The Morgan fingerprint density at radius 2 is 1.85 bits per heavy atom. The third kappa shape index (κ3) is 3.25. The lowest BCUT2D eigenvalue weighted by Crippen LogP contribution is -2.14. The van der Waals surface area contributed by atoms with Crippen LogP contribution in [-0.4, -0.2) is 8.42 Å². The number of rotatable bonds is 4. The average molecular weight is 296 g/mol. The first kappa shape index (κ1) is 14.3. The standard InChI is InChI=1S/C13H13FN2O3S/c14-11-4-2-1-3-9(11)8-19-10-5-6-13(12(15)7-10)20(16,17)18/h1-7H,8,15H2,(H2,16,17,18). The highest BCUT2D eigenvalue weighted by molar-refractivity contribution is 7.89. The van der Waals surface area contributed by atoms with Crippen LogP contribution in [0.4, 0.5) is 10.1 Å². The summed E-state index contributed by atoms with van der Waals surface area (Å²) >= 11 is 0. The van der Waals surface area contributed by atoms with Gasteiger partial charge in [-0.1, -0.05) is 18.2 Å². The molecular formula is C13H13FN2O3S. The molecule has 20 heavy (non-hydrogen) atoms. The van der Waals surface area contributed by atoms with E-state index in [2.05, 4.69) is 0 Å². The number of anilines is 1. The van der Waals surface area contributed by atoms with Crippen LogP contribution in [0.1, 0.15) is 5.56 Å². The Bertz CT molecular complexity index is 732. The molecule has 0 saturated heterocycles. The summed E-state index contributed by atoms with van der Waals surface area (Å²) in [5.74, 6) is -0.0419. The quantitative estimate of drug-likeness (QED) is 0.838. The Morgan fingerprint density at radius 3 is 2.45 bits per heavy atom. The van der Waals surface area contributed by atoms with Gasteiger partial charge in [-0.3, -0.25) is 0 Å². The lowest BCUT2D eigenvalue weighted by Gasteiger charge is -2.09. The van der Waals surface area contributed by atoms with Crippen molar-refractivity contribution in [3.63, 3.8) is 0 Å². The number of primary sulfonamides is 1. The van der Waals surface area contributed by atoms with Crippen molar-refractivity contribution in [2.24, 2.45) is 5.14 Å². The highest BCUT2D eigenvalue weighted by Gasteiger charge is 2.12. The first-order chi connectivity index (χ1) is 9.38. The van der Waals surface area contributed by atoms with Crippen molar-refractivity contribution in [1.82, 2.24) is 0 Å². The topological polar surface area (TPSA) is 95.4 Å². The van der Waals surface area contributed by atoms with Crippen LogP contribution in [0.15, 0.2) is 47.4 Å². The number of hydrogen-bond acceptors (Lipinski definition) is 4. The van der Waals surface area contributed by atoms with Crippen LogP contribution < -0.4 is 15.6 Å². The second-order valence-electron chi connectivity index (χ2n) is 4.12. The van der Waals surface area contributed by atoms with Crippen LogP contribution in [0.2, 0.25) is 0 Å². The molecule has 0 unspecified atom stereocenters. The minimum absolute atomic E-state index is 0.0147. The van der Waals surface area contributed by atoms with Crippen LogP contribution in [0.3, 0.4) is 0 Å². The van der Waals surface area contributed by atoms with Crippen molar-refractivity contribution < 1.29 is 17.5 Å². The fourth-order valence-corrected chi connectivity index (χ4v) is 2.30. The Morgan fingerprint density at radius 1 is 1.15 bits per heavy atom. The van der Waals surface area contributed by atoms with Crippen molar-refractivity contribution in [2.75, 3.05) is 5.73 Å². The van der Waals surface area contributed by atoms with Crippen molar-refractivity contribution in [2.45, 2.75) is 11.5 Å². The molecule has 0 saturated carbocycles. The molecule has 5 nitrogen and oxygen atoms in total. The summed E-state index contributed by atoms with van der Waals surface area (Å²) < 4.78 is 41.1. The molecule has 4 N–H and O–H groups in total. The molecule has 0 bridgehead atoms. The Balaban J connectivity index is 2.16. The normalized spacial score (nSPS) is 11.3. The van der Waals surface area contributed by atoms with E-state index in [4.69, 9.17) is 15.6 Å². The number of halogens is 1. The van der Waals surface area contributed by atoms with Crippen molar-refractivity contribution >= 4 is 15.7 Å². The highest BCUT2D eigenvalue weighted by atomic mass is 32.2. The summed E-state index contributed by atoms with van der Waals surface area (Å²) in [7, 11) is -3.86. The Labute approximate surface area is 116 Å². The van der Waals surface area contributed by atoms with Gasteiger partial charge in [0, 0.05) is 11.6 Å². The molecule has 0 spiro atoms. The van der Waals surface area contributed by atoms with E-state index in [0.29, 0.717) is 11.3 Å². The van der Waals surface area contributed by atoms with Crippen LogP contribution in [0.5, 0.6) is 5.75 Å². The zero-order valence-corrected chi connectivity index (χ0v) is 11.2. The number of ether oxygens (including phenoxy) is 1. The number of hydrogen-bond donors (Lipinski definition) is 2. The fraction of sp³-hybridized carbons (Fsp3) is 0.0769. The molecule has 0 radical (unpaired) electrons. The SMILES string of the molecule is Nc1cc(OCc2ccccc2F)ccc1S(N)(=O)=O. The summed E-state index contributed by atoms with van der Waals surface area (Å²) in [6.07, 6.45) is 0. The van der Waals surface area contributed by atoms with Crippen molar-refractivity contribution in [3.05, 3.63) is 53.8 Å². The van der Waals surface area contributed by atoms with Gasteiger partial charge >= 0.3 is 0 Å². The van der Waals surface area contributed by atoms with Gasteiger partial charge in [-0.15, -0.1) is 0 Å². The number of benzene rings is 2. The van der Waals surface area contributed by atoms with E-state index in [9.17, 15) is 12.8 Å². The van der Waals surface area contributed by atoms with E-state index in [1.165, 1.54) is 24.3 Å². The summed E-state index contributed by atoms with van der Waals surface area (Å²) in [5.41, 5.74) is 5.97. The molecule has 0 aromatic heterocycles. The average Bonchev–Trinajstić information content (AvgIpc) is 2.36. The zero-order valence-electron chi connectivity index (χ0n) is 10.4. The molecule has 0 aliphatic rings. The smallest absolute Gasteiger partial charge is 0.240 e. The summed E-state index contributed by atoms with van der Waals surface area (Å²) in [5, 5.41) is 4.99. The van der Waals surface area contributed by atoms with Gasteiger partial charge in [0.2, 0.25) is 10.0 Å². The van der Waals surface area contributed by atoms with E-state index in [1.807, 2.05) is 0 Å². The van der Waals surface area contributed by atoms with Gasteiger partial charge in [0.25, 0.3) is 0 Å². The molecule has 0 amide bonds. The lowest BCUT2D eigenvalue weighted by molar-refractivity contribution is 0.300. The molecule has 2 aromatic carbocycles. The van der Waals surface area contributed by atoms with E-state index in [0.717, 1.165) is 0 Å². The molecule has 0 fully saturated rings. The Kier molecular flexibility index (Phi) is 3.91. The van der Waals surface area contributed by atoms with Crippen molar-refractivity contribution in [3.8, 4) is 5.75 Å². The van der Waals surface area contributed by atoms with Crippen molar-refractivity contribution in [1.29, 1.82) is 0 Å². The molecule has 0 atom stereocenters. The predicted octanol–water partition coefficient (Wildman–Crippen LogP) is 1.63. The number of nitrogens with two attached hydrogens (primary N) is 2. The largest absolute Gasteiger partial charge is 0.489 e. The molecule has 0 heterocycles. The number of sulfonamides is 1. The van der Waals surface area contributed by atoms with E-state index in [1.54, 1.807) is 18.2 Å². The minimum atomic E-state index is -3.86. The van der Waals surface area contributed by atoms with Crippen LogP contribution >= 0.6 is 0 Å².